The summed E-state index contributed by atoms with van der Waals surface area (Å²) in [6.07, 6.45) is -0.0799. The van der Waals surface area contributed by atoms with Gasteiger partial charge in [0, 0.05) is 18.1 Å². The summed E-state index contributed by atoms with van der Waals surface area (Å²) in [4.78, 5) is 0. The Morgan fingerprint density at radius 2 is 1.42 bits per heavy atom. The van der Waals surface area contributed by atoms with Crippen LogP contribution in [0.5, 0.6) is 11.5 Å². The Balaban J connectivity index is 1.72. The fourth-order valence-electron chi connectivity index (χ4n) is 5.70. The van der Waals surface area contributed by atoms with E-state index in [9.17, 15) is 0 Å². The van der Waals surface area contributed by atoms with E-state index in [4.69, 9.17) is 41.1 Å². The van der Waals surface area contributed by atoms with Crippen molar-refractivity contribution in [2.75, 3.05) is 27.4 Å². The molecular weight excluding hydrogens is 586 g/mol. The van der Waals surface area contributed by atoms with E-state index in [1.165, 1.54) is 0 Å². The van der Waals surface area contributed by atoms with Crippen molar-refractivity contribution in [3.8, 4) is 17.6 Å². The summed E-state index contributed by atoms with van der Waals surface area (Å²) in [7, 11) is 8.18. The smallest absolute Gasteiger partial charge is 0.259 e. The van der Waals surface area contributed by atoms with E-state index < -0.39 is 26.2 Å². The molecule has 2 unspecified atom stereocenters. The first-order valence-electron chi connectivity index (χ1n) is 15.4. The normalized spacial score (nSPS) is 19.2. The van der Waals surface area contributed by atoms with Gasteiger partial charge in [-0.2, -0.15) is 5.26 Å². The van der Waals surface area contributed by atoms with Gasteiger partial charge in [-0.1, -0.05) is 54.6 Å². The highest BCUT2D eigenvalue weighted by atomic mass is 31.2. The van der Waals surface area contributed by atoms with Gasteiger partial charge in [0.15, 0.2) is 0 Å². The molecule has 10 heteroatoms. The molecule has 8 nitrogen and oxygen atoms in total. The maximum atomic E-state index is 9.14. The van der Waals surface area contributed by atoms with Crippen molar-refractivity contribution in [1.29, 1.82) is 5.26 Å². The van der Waals surface area contributed by atoms with Crippen LogP contribution in [0, 0.1) is 11.3 Å². The molecule has 2 radical (unpaired) electrons. The number of methoxy groups -OCH3 is 2. The first-order chi connectivity index (χ1) is 21.7. The van der Waals surface area contributed by atoms with E-state index >= 15 is 0 Å². The summed E-state index contributed by atoms with van der Waals surface area (Å²) in [5, 5.41) is 9.14. The first kappa shape index (κ1) is 34.9. The van der Waals surface area contributed by atoms with Crippen LogP contribution in [0.3, 0.4) is 0 Å². The second kappa shape index (κ2) is 16.6. The highest BCUT2D eigenvalue weighted by molar-refractivity contribution is 7.44. The van der Waals surface area contributed by atoms with Gasteiger partial charge >= 0.3 is 0 Å². The number of hydrogen-bond donors (Lipinski definition) is 0. The molecule has 0 aromatic heterocycles. The molecule has 0 bridgehead atoms. The average Bonchev–Trinajstić information content (AvgIpc) is 3.40. The van der Waals surface area contributed by atoms with Crippen molar-refractivity contribution < 1.29 is 28.0 Å². The zero-order valence-electron chi connectivity index (χ0n) is 27.1. The number of nitriles is 1. The fraction of sp³-hybridized carbons (Fsp3) is 0.457. The van der Waals surface area contributed by atoms with E-state index in [0.29, 0.717) is 6.42 Å². The summed E-state index contributed by atoms with van der Waals surface area (Å²) in [5.41, 5.74) is 1.80. The molecule has 0 amide bonds. The maximum Gasteiger partial charge on any atom is 0.259 e. The lowest BCUT2D eigenvalue weighted by Crippen LogP contribution is -2.39. The molecule has 3 aromatic rings. The summed E-state index contributed by atoms with van der Waals surface area (Å²) < 4.78 is 39.4. The van der Waals surface area contributed by atoms with Gasteiger partial charge in [0.05, 0.1) is 46.0 Å². The van der Waals surface area contributed by atoms with Crippen LogP contribution >= 0.6 is 8.53 Å². The summed E-state index contributed by atoms with van der Waals surface area (Å²) in [5.74, 6) is 1.50. The van der Waals surface area contributed by atoms with Gasteiger partial charge in [-0.3, -0.25) is 0 Å². The van der Waals surface area contributed by atoms with Crippen LogP contribution in [-0.4, -0.2) is 70.2 Å². The van der Waals surface area contributed by atoms with Gasteiger partial charge in [-0.25, -0.2) is 4.67 Å². The second-order valence-electron chi connectivity index (χ2n) is 11.5. The lowest BCUT2D eigenvalue weighted by Gasteiger charge is -2.39. The molecular formula is C35H44BN2O6P. The molecule has 1 heterocycles. The van der Waals surface area contributed by atoms with Crippen molar-refractivity contribution in [3.63, 3.8) is 0 Å². The zero-order chi connectivity index (χ0) is 32.4. The van der Waals surface area contributed by atoms with E-state index in [1.807, 2.05) is 66.7 Å². The minimum absolute atomic E-state index is 0.166. The molecule has 4 atom stereocenters. The molecule has 0 aliphatic carbocycles. The van der Waals surface area contributed by atoms with Crippen LogP contribution in [0.2, 0.25) is 0 Å². The van der Waals surface area contributed by atoms with Crippen molar-refractivity contribution in [2.45, 2.75) is 76.4 Å². The van der Waals surface area contributed by atoms with Crippen LogP contribution in [0.15, 0.2) is 78.9 Å². The monoisotopic (exact) mass is 630 g/mol. The Bertz CT molecular complexity index is 1300. The van der Waals surface area contributed by atoms with Crippen LogP contribution < -0.4 is 9.47 Å². The Morgan fingerprint density at radius 3 is 1.91 bits per heavy atom. The first-order valence-corrected chi connectivity index (χ1v) is 16.5. The van der Waals surface area contributed by atoms with Crippen LogP contribution in [0.4, 0.5) is 0 Å². The van der Waals surface area contributed by atoms with E-state index in [0.717, 1.165) is 28.2 Å². The van der Waals surface area contributed by atoms with Gasteiger partial charge in [0.1, 0.15) is 31.1 Å². The molecule has 1 saturated heterocycles. The number of hydrogen-bond acceptors (Lipinski definition) is 8. The van der Waals surface area contributed by atoms with Gasteiger partial charge in [-0.05, 0) is 75.1 Å². The average molecular weight is 631 g/mol. The van der Waals surface area contributed by atoms with Crippen molar-refractivity contribution >= 4 is 16.4 Å². The minimum atomic E-state index is -1.49. The van der Waals surface area contributed by atoms with Gasteiger partial charge in [0.2, 0.25) is 0 Å². The van der Waals surface area contributed by atoms with Crippen molar-refractivity contribution in [2.24, 2.45) is 0 Å². The van der Waals surface area contributed by atoms with Gasteiger partial charge in [-0.15, -0.1) is 0 Å². The second-order valence-corrected chi connectivity index (χ2v) is 12.9. The van der Waals surface area contributed by atoms with Crippen LogP contribution in [0.1, 0.15) is 57.2 Å². The SMILES string of the molecule is [B][C@H]1CC(OP(OCCC#N)N(C(C)C)C(C)C)[C@@H](COC(c2ccccc2)(c2ccc(OC)cc2)c2ccc(OC)cc2)O1. The quantitative estimate of drug-likeness (QED) is 0.0728. The van der Waals surface area contributed by atoms with E-state index in [1.54, 1.807) is 14.2 Å². The molecule has 0 N–H and O–H groups in total. The molecule has 1 aliphatic rings. The predicted octanol–water partition coefficient (Wildman–Crippen LogP) is 6.96. The molecule has 1 aliphatic heterocycles. The summed E-state index contributed by atoms with van der Waals surface area (Å²) >= 11 is 0. The fourth-order valence-corrected chi connectivity index (χ4v) is 7.46. The molecule has 45 heavy (non-hydrogen) atoms. The number of nitrogens with zero attached hydrogens (tertiary/aromatic N) is 2. The zero-order valence-corrected chi connectivity index (χ0v) is 28.0. The molecule has 238 valence electrons. The third-order valence-electron chi connectivity index (χ3n) is 7.75. The molecule has 0 saturated carbocycles. The van der Waals surface area contributed by atoms with Crippen molar-refractivity contribution in [3.05, 3.63) is 95.6 Å². The summed E-state index contributed by atoms with van der Waals surface area (Å²) in [6, 6.07) is 28.0. The Morgan fingerprint density at radius 1 is 0.889 bits per heavy atom. The highest BCUT2D eigenvalue weighted by Gasteiger charge is 2.43. The minimum Gasteiger partial charge on any atom is -0.497 e. The van der Waals surface area contributed by atoms with Gasteiger partial charge in [0.25, 0.3) is 8.53 Å². The molecule has 1 fully saturated rings. The lowest BCUT2D eigenvalue weighted by atomic mass is 9.80. The lowest BCUT2D eigenvalue weighted by molar-refractivity contribution is -0.0714. The Kier molecular flexibility index (Phi) is 12.8. The number of ether oxygens (including phenoxy) is 4. The third kappa shape index (κ3) is 8.45. The summed E-state index contributed by atoms with van der Waals surface area (Å²) in [6.45, 7) is 8.92. The van der Waals surface area contributed by atoms with E-state index in [2.05, 4.69) is 50.6 Å². The Labute approximate surface area is 270 Å². The number of benzene rings is 3. The van der Waals surface area contributed by atoms with E-state index in [-0.39, 0.29) is 37.8 Å². The molecule has 3 aromatic carbocycles. The maximum absolute atomic E-state index is 9.14. The topological polar surface area (TPSA) is 82.4 Å². The molecule has 4 rings (SSSR count). The Hall–Kier alpha value is -2.96. The van der Waals surface area contributed by atoms with Crippen LogP contribution in [-0.2, 0) is 24.1 Å². The molecule has 0 spiro atoms. The van der Waals surface area contributed by atoms with Crippen molar-refractivity contribution in [1.82, 2.24) is 4.67 Å². The largest absolute Gasteiger partial charge is 0.497 e. The highest BCUT2D eigenvalue weighted by Crippen LogP contribution is 2.49. The standard InChI is InChI=1S/C35H44BN2O6P/c1-25(2)38(26(3)4)45(42-22-10-21-37)44-32-23-34(36)43-33(32)24-41-35(27-11-8-7-9-12-27,28-13-17-30(39-5)18-14-28)29-15-19-31(40-6)20-16-29/h7-9,11-20,25-26,32-34H,10,22-24H2,1-6H3/t32?,33-,34-,45?/m1/s1. The predicted molar refractivity (Wildman–Crippen MR) is 177 cm³/mol. The van der Waals surface area contributed by atoms with Crippen LogP contribution in [0.25, 0.3) is 0 Å². The van der Waals surface area contributed by atoms with Gasteiger partial charge < -0.3 is 28.0 Å². The third-order valence-corrected chi connectivity index (χ3v) is 9.91. The number of rotatable bonds is 16.